The van der Waals surface area contributed by atoms with E-state index in [0.717, 1.165) is 18.0 Å². The predicted octanol–water partition coefficient (Wildman–Crippen LogP) is 5.62. The second kappa shape index (κ2) is 6.17. The third-order valence-electron chi connectivity index (χ3n) is 2.94. The molecular weight excluding hydrogens is 347 g/mol. The van der Waals surface area contributed by atoms with Crippen molar-refractivity contribution in [3.63, 3.8) is 0 Å². The van der Waals surface area contributed by atoms with Gasteiger partial charge < -0.3 is 5.32 Å². The van der Waals surface area contributed by atoms with Crippen molar-refractivity contribution < 1.29 is 13.2 Å². The van der Waals surface area contributed by atoms with Gasteiger partial charge in [-0.1, -0.05) is 29.8 Å². The number of hydrogen-bond donors (Lipinski definition) is 1. The fourth-order valence-corrected chi connectivity index (χ4v) is 2.84. The summed E-state index contributed by atoms with van der Waals surface area (Å²) >= 11 is 7.24. The van der Waals surface area contributed by atoms with E-state index in [0.29, 0.717) is 10.8 Å². The largest absolute Gasteiger partial charge is 0.417 e. The van der Waals surface area contributed by atoms with Gasteiger partial charge in [-0.15, -0.1) is 11.3 Å². The Bertz CT molecular complexity index is 818. The highest BCUT2D eigenvalue weighted by Gasteiger charge is 2.31. The number of anilines is 2. The predicted molar refractivity (Wildman–Crippen MR) is 85.1 cm³/mol. The van der Waals surface area contributed by atoms with Gasteiger partial charge in [-0.05, 0) is 18.2 Å². The SMILES string of the molecule is FC(F)(F)c1cnc(-c2csc(Nc3ccccc3)n2)c(Cl)c1. The quantitative estimate of drug-likeness (QED) is 0.662. The van der Waals surface area contributed by atoms with Gasteiger partial charge in [0.05, 0.1) is 10.6 Å². The zero-order chi connectivity index (χ0) is 16.4. The summed E-state index contributed by atoms with van der Waals surface area (Å²) in [5.41, 5.74) is 0.619. The first-order valence-corrected chi connectivity index (χ1v) is 7.70. The van der Waals surface area contributed by atoms with Gasteiger partial charge in [0.25, 0.3) is 0 Å². The van der Waals surface area contributed by atoms with Gasteiger partial charge in [0.15, 0.2) is 5.13 Å². The zero-order valence-corrected chi connectivity index (χ0v) is 13.0. The average Bonchev–Trinajstić information content (AvgIpc) is 2.95. The zero-order valence-electron chi connectivity index (χ0n) is 11.4. The maximum atomic E-state index is 12.6. The number of thiazole rings is 1. The Labute approximate surface area is 138 Å². The topological polar surface area (TPSA) is 37.8 Å². The molecule has 3 rings (SSSR count). The molecule has 3 aromatic rings. The second-order valence-electron chi connectivity index (χ2n) is 4.58. The molecule has 0 amide bonds. The first-order valence-electron chi connectivity index (χ1n) is 6.44. The van der Waals surface area contributed by atoms with Crippen LogP contribution in [0.4, 0.5) is 24.0 Å². The van der Waals surface area contributed by atoms with Crippen LogP contribution in [0.15, 0.2) is 48.0 Å². The summed E-state index contributed by atoms with van der Waals surface area (Å²) in [6.07, 6.45) is -3.72. The summed E-state index contributed by atoms with van der Waals surface area (Å²) in [7, 11) is 0. The molecule has 0 aliphatic rings. The maximum Gasteiger partial charge on any atom is 0.417 e. The number of benzene rings is 1. The van der Waals surface area contributed by atoms with Crippen LogP contribution in [0, 0.1) is 0 Å². The number of hydrogen-bond acceptors (Lipinski definition) is 4. The molecule has 0 unspecified atom stereocenters. The van der Waals surface area contributed by atoms with Gasteiger partial charge in [0.2, 0.25) is 0 Å². The molecule has 2 aromatic heterocycles. The number of para-hydroxylation sites is 1. The van der Waals surface area contributed by atoms with E-state index < -0.39 is 11.7 Å². The van der Waals surface area contributed by atoms with Crippen LogP contribution < -0.4 is 5.32 Å². The van der Waals surface area contributed by atoms with Crippen LogP contribution in [0.2, 0.25) is 5.02 Å². The molecule has 2 heterocycles. The summed E-state index contributed by atoms with van der Waals surface area (Å²) in [4.78, 5) is 8.11. The number of nitrogens with one attached hydrogen (secondary N) is 1. The third kappa shape index (κ3) is 3.62. The van der Waals surface area contributed by atoms with Crippen molar-refractivity contribution >= 4 is 33.8 Å². The Kier molecular flexibility index (Phi) is 4.23. The number of alkyl halides is 3. The molecule has 0 atom stereocenters. The minimum Gasteiger partial charge on any atom is -0.332 e. The van der Waals surface area contributed by atoms with Crippen molar-refractivity contribution in [3.05, 3.63) is 58.6 Å². The Morgan fingerprint density at radius 3 is 2.52 bits per heavy atom. The number of aromatic nitrogens is 2. The van der Waals surface area contributed by atoms with E-state index in [4.69, 9.17) is 11.6 Å². The molecule has 0 aliphatic heterocycles. The molecule has 1 N–H and O–H groups in total. The second-order valence-corrected chi connectivity index (χ2v) is 5.85. The van der Waals surface area contributed by atoms with Crippen molar-refractivity contribution in [1.82, 2.24) is 9.97 Å². The lowest BCUT2D eigenvalue weighted by Crippen LogP contribution is -2.05. The Balaban J connectivity index is 1.86. The summed E-state index contributed by atoms with van der Waals surface area (Å²) < 4.78 is 37.9. The highest BCUT2D eigenvalue weighted by atomic mass is 35.5. The Morgan fingerprint density at radius 2 is 1.87 bits per heavy atom. The molecule has 0 bridgehead atoms. The van der Waals surface area contributed by atoms with E-state index in [1.165, 1.54) is 11.3 Å². The van der Waals surface area contributed by atoms with Crippen molar-refractivity contribution in [1.29, 1.82) is 0 Å². The Hall–Kier alpha value is -2.12. The number of pyridine rings is 1. The Morgan fingerprint density at radius 1 is 1.13 bits per heavy atom. The van der Waals surface area contributed by atoms with E-state index in [2.05, 4.69) is 15.3 Å². The smallest absolute Gasteiger partial charge is 0.332 e. The molecule has 8 heteroatoms. The molecule has 118 valence electrons. The van der Waals surface area contributed by atoms with Crippen LogP contribution >= 0.6 is 22.9 Å². The van der Waals surface area contributed by atoms with E-state index >= 15 is 0 Å². The van der Waals surface area contributed by atoms with E-state index in [9.17, 15) is 13.2 Å². The minimum atomic E-state index is -4.47. The monoisotopic (exact) mass is 355 g/mol. The minimum absolute atomic E-state index is 0.0867. The average molecular weight is 356 g/mol. The highest BCUT2D eigenvalue weighted by Crippen LogP contribution is 2.35. The summed E-state index contributed by atoms with van der Waals surface area (Å²) in [6, 6.07) is 10.3. The number of nitrogens with zero attached hydrogens (tertiary/aromatic N) is 2. The number of halogens is 4. The van der Waals surface area contributed by atoms with Crippen molar-refractivity contribution in [3.8, 4) is 11.4 Å². The van der Waals surface area contributed by atoms with Gasteiger partial charge in [0.1, 0.15) is 11.4 Å². The molecule has 1 aromatic carbocycles. The maximum absolute atomic E-state index is 12.6. The van der Waals surface area contributed by atoms with Gasteiger partial charge in [-0.3, -0.25) is 4.98 Å². The van der Waals surface area contributed by atoms with Crippen LogP contribution in [0.3, 0.4) is 0 Å². The molecule has 0 fully saturated rings. The third-order valence-corrected chi connectivity index (χ3v) is 3.99. The van der Waals surface area contributed by atoms with Crippen LogP contribution in [0.5, 0.6) is 0 Å². The lowest BCUT2D eigenvalue weighted by Gasteiger charge is -2.07. The normalized spacial score (nSPS) is 11.5. The van der Waals surface area contributed by atoms with E-state index in [-0.39, 0.29) is 10.7 Å². The van der Waals surface area contributed by atoms with Crippen molar-refractivity contribution in [2.45, 2.75) is 6.18 Å². The van der Waals surface area contributed by atoms with Gasteiger partial charge in [-0.2, -0.15) is 13.2 Å². The molecule has 0 saturated heterocycles. The fourth-order valence-electron chi connectivity index (χ4n) is 1.87. The first kappa shape index (κ1) is 15.8. The molecular formula is C15H9ClF3N3S. The molecule has 23 heavy (non-hydrogen) atoms. The highest BCUT2D eigenvalue weighted by molar-refractivity contribution is 7.14. The van der Waals surface area contributed by atoms with Gasteiger partial charge in [0, 0.05) is 17.3 Å². The summed E-state index contributed by atoms with van der Waals surface area (Å²) in [5, 5.41) is 5.31. The van der Waals surface area contributed by atoms with E-state index in [1.54, 1.807) is 5.38 Å². The lowest BCUT2D eigenvalue weighted by atomic mass is 10.2. The molecule has 0 aliphatic carbocycles. The number of rotatable bonds is 3. The fraction of sp³-hybridized carbons (Fsp3) is 0.0667. The van der Waals surface area contributed by atoms with Crippen molar-refractivity contribution in [2.75, 3.05) is 5.32 Å². The molecule has 3 nitrogen and oxygen atoms in total. The lowest BCUT2D eigenvalue weighted by molar-refractivity contribution is -0.137. The standard InChI is InChI=1S/C15H9ClF3N3S/c16-11-6-9(15(17,18)19)7-20-13(11)12-8-23-14(22-12)21-10-4-2-1-3-5-10/h1-8H,(H,21,22). The first-order chi connectivity index (χ1) is 10.9. The van der Waals surface area contributed by atoms with Crippen LogP contribution in [-0.2, 0) is 6.18 Å². The molecule has 0 saturated carbocycles. The van der Waals surface area contributed by atoms with Crippen LogP contribution in [0.25, 0.3) is 11.4 Å². The molecule has 0 radical (unpaired) electrons. The van der Waals surface area contributed by atoms with Crippen molar-refractivity contribution in [2.24, 2.45) is 0 Å². The molecule has 0 spiro atoms. The van der Waals surface area contributed by atoms with Crippen LogP contribution in [-0.4, -0.2) is 9.97 Å². The van der Waals surface area contributed by atoms with Gasteiger partial charge >= 0.3 is 6.18 Å². The summed E-state index contributed by atoms with van der Waals surface area (Å²) in [6.45, 7) is 0. The van der Waals surface area contributed by atoms with Gasteiger partial charge in [-0.25, -0.2) is 4.98 Å². The summed E-state index contributed by atoms with van der Waals surface area (Å²) in [5.74, 6) is 0. The van der Waals surface area contributed by atoms with Crippen LogP contribution in [0.1, 0.15) is 5.56 Å². The van der Waals surface area contributed by atoms with E-state index in [1.807, 2.05) is 30.3 Å².